The van der Waals surface area contributed by atoms with Crippen LogP contribution in [0.15, 0.2) is 12.1 Å². The maximum absolute atomic E-state index is 13.5. The van der Waals surface area contributed by atoms with Crippen LogP contribution < -0.4 is 5.32 Å². The maximum Gasteiger partial charge on any atom is 0.194 e. The fourth-order valence-corrected chi connectivity index (χ4v) is 2.18. The van der Waals surface area contributed by atoms with Crippen LogP contribution in [0.3, 0.4) is 0 Å². The molecule has 17 heavy (non-hydrogen) atoms. The molecule has 1 aromatic rings. The zero-order chi connectivity index (χ0) is 12.4. The molecule has 1 fully saturated rings. The summed E-state index contributed by atoms with van der Waals surface area (Å²) in [4.78, 5) is 0. The molecule has 1 aromatic carbocycles. The van der Waals surface area contributed by atoms with Gasteiger partial charge in [-0.1, -0.05) is 6.07 Å². The van der Waals surface area contributed by atoms with Gasteiger partial charge in [-0.2, -0.15) is 0 Å². The first-order valence-corrected chi connectivity index (χ1v) is 5.63. The summed E-state index contributed by atoms with van der Waals surface area (Å²) >= 11 is 0. The van der Waals surface area contributed by atoms with Gasteiger partial charge >= 0.3 is 0 Å². The number of rotatable bonds is 2. The Hall–Kier alpha value is -1.07. The van der Waals surface area contributed by atoms with Gasteiger partial charge in [-0.15, -0.1) is 0 Å². The Labute approximate surface area is 97.5 Å². The van der Waals surface area contributed by atoms with Gasteiger partial charge in [0.05, 0.1) is 6.10 Å². The molecule has 2 N–H and O–H groups in total. The minimum atomic E-state index is -1.52. The van der Waals surface area contributed by atoms with E-state index in [9.17, 15) is 18.3 Å². The number of piperidine rings is 1. The van der Waals surface area contributed by atoms with Crippen LogP contribution in [0.1, 0.15) is 24.5 Å². The summed E-state index contributed by atoms with van der Waals surface area (Å²) in [5, 5.41) is 13.1. The Morgan fingerprint density at radius 1 is 1.12 bits per heavy atom. The second-order valence-electron chi connectivity index (χ2n) is 4.30. The van der Waals surface area contributed by atoms with Gasteiger partial charge in [-0.3, -0.25) is 0 Å². The molecule has 1 heterocycles. The predicted molar refractivity (Wildman–Crippen MR) is 56.9 cm³/mol. The zero-order valence-electron chi connectivity index (χ0n) is 9.22. The maximum atomic E-state index is 13.5. The van der Waals surface area contributed by atoms with Crippen molar-refractivity contribution in [1.29, 1.82) is 0 Å². The van der Waals surface area contributed by atoms with Crippen molar-refractivity contribution in [3.63, 3.8) is 0 Å². The molecule has 1 aliphatic heterocycles. The molecule has 5 heteroatoms. The Balaban J connectivity index is 2.24. The molecule has 0 spiro atoms. The Bertz CT molecular complexity index is 405. The van der Waals surface area contributed by atoms with Crippen LogP contribution in [-0.4, -0.2) is 18.2 Å². The van der Waals surface area contributed by atoms with Crippen molar-refractivity contribution in [2.75, 3.05) is 13.1 Å². The van der Waals surface area contributed by atoms with E-state index in [-0.39, 0.29) is 11.5 Å². The van der Waals surface area contributed by atoms with Crippen molar-refractivity contribution in [3.8, 4) is 0 Å². The molecule has 0 radical (unpaired) electrons. The lowest BCUT2D eigenvalue weighted by molar-refractivity contribution is 0.0847. The van der Waals surface area contributed by atoms with Crippen molar-refractivity contribution in [1.82, 2.24) is 5.32 Å². The monoisotopic (exact) mass is 245 g/mol. The lowest BCUT2D eigenvalue weighted by atomic mass is 9.88. The summed E-state index contributed by atoms with van der Waals surface area (Å²) in [7, 11) is 0. The largest absolute Gasteiger partial charge is 0.388 e. The first-order chi connectivity index (χ1) is 8.11. The van der Waals surface area contributed by atoms with Crippen molar-refractivity contribution in [2.24, 2.45) is 5.92 Å². The first kappa shape index (κ1) is 12.4. The smallest absolute Gasteiger partial charge is 0.194 e. The molecular weight excluding hydrogens is 231 g/mol. The van der Waals surface area contributed by atoms with Gasteiger partial charge in [0.1, 0.15) is 0 Å². The second kappa shape index (κ2) is 5.06. The molecule has 0 amide bonds. The van der Waals surface area contributed by atoms with Crippen molar-refractivity contribution < 1.29 is 18.3 Å². The van der Waals surface area contributed by atoms with Crippen molar-refractivity contribution in [2.45, 2.75) is 18.9 Å². The quantitative estimate of drug-likeness (QED) is 0.782. The topological polar surface area (TPSA) is 32.3 Å². The molecule has 0 bridgehead atoms. The molecule has 1 atom stereocenters. The SMILES string of the molecule is OC(c1ccc(F)c(F)c1F)C1CCNCC1. The van der Waals surface area contributed by atoms with Gasteiger partial charge in [0, 0.05) is 5.56 Å². The van der Waals surface area contributed by atoms with Gasteiger partial charge in [0.15, 0.2) is 17.5 Å². The molecule has 0 aliphatic carbocycles. The number of benzene rings is 1. The molecule has 1 unspecified atom stereocenters. The molecule has 2 rings (SSSR count). The molecule has 0 saturated carbocycles. The summed E-state index contributed by atoms with van der Waals surface area (Å²) in [6, 6.07) is 1.96. The average Bonchev–Trinajstić information content (AvgIpc) is 2.36. The highest BCUT2D eigenvalue weighted by molar-refractivity contribution is 5.23. The van der Waals surface area contributed by atoms with Gasteiger partial charge in [0.25, 0.3) is 0 Å². The minimum Gasteiger partial charge on any atom is -0.388 e. The molecule has 94 valence electrons. The highest BCUT2D eigenvalue weighted by Crippen LogP contribution is 2.31. The Morgan fingerprint density at radius 2 is 1.76 bits per heavy atom. The third-order valence-corrected chi connectivity index (χ3v) is 3.21. The van der Waals surface area contributed by atoms with E-state index in [1.165, 1.54) is 0 Å². The van der Waals surface area contributed by atoms with E-state index in [1.807, 2.05) is 0 Å². The van der Waals surface area contributed by atoms with Crippen molar-refractivity contribution in [3.05, 3.63) is 35.1 Å². The van der Waals surface area contributed by atoms with Gasteiger partial charge in [0.2, 0.25) is 0 Å². The number of halogens is 3. The third kappa shape index (κ3) is 2.45. The van der Waals surface area contributed by atoms with Crippen LogP contribution in [0.5, 0.6) is 0 Å². The molecule has 1 aliphatic rings. The summed E-state index contributed by atoms with van der Waals surface area (Å²) in [5.74, 6) is -4.15. The number of hydrogen-bond acceptors (Lipinski definition) is 2. The van der Waals surface area contributed by atoms with Crippen LogP contribution in [0.4, 0.5) is 13.2 Å². The van der Waals surface area contributed by atoms with E-state index >= 15 is 0 Å². The van der Waals surface area contributed by atoms with Crippen LogP contribution in [-0.2, 0) is 0 Å². The lowest BCUT2D eigenvalue weighted by Crippen LogP contribution is -2.31. The van der Waals surface area contributed by atoms with Crippen LogP contribution in [0.2, 0.25) is 0 Å². The molecule has 1 saturated heterocycles. The number of aliphatic hydroxyl groups excluding tert-OH is 1. The number of aliphatic hydroxyl groups is 1. The fourth-order valence-electron chi connectivity index (χ4n) is 2.18. The molecule has 2 nitrogen and oxygen atoms in total. The summed E-state index contributed by atoms with van der Waals surface area (Å²) < 4.78 is 39.3. The average molecular weight is 245 g/mol. The van der Waals surface area contributed by atoms with E-state index < -0.39 is 23.6 Å². The number of hydrogen-bond donors (Lipinski definition) is 2. The molecule has 0 aromatic heterocycles. The fraction of sp³-hybridized carbons (Fsp3) is 0.500. The predicted octanol–water partition coefficient (Wildman–Crippen LogP) is 2.14. The van der Waals surface area contributed by atoms with E-state index in [4.69, 9.17) is 0 Å². The van der Waals surface area contributed by atoms with Gasteiger partial charge in [-0.05, 0) is 37.9 Å². The van der Waals surface area contributed by atoms with Crippen LogP contribution >= 0.6 is 0 Å². The highest BCUT2D eigenvalue weighted by atomic mass is 19.2. The Morgan fingerprint density at radius 3 is 2.41 bits per heavy atom. The van der Waals surface area contributed by atoms with Crippen molar-refractivity contribution >= 4 is 0 Å². The van der Waals surface area contributed by atoms with E-state index in [0.29, 0.717) is 12.8 Å². The van der Waals surface area contributed by atoms with Crippen LogP contribution in [0, 0.1) is 23.4 Å². The van der Waals surface area contributed by atoms with Gasteiger partial charge < -0.3 is 10.4 Å². The Kier molecular flexibility index (Phi) is 3.69. The van der Waals surface area contributed by atoms with Crippen LogP contribution in [0.25, 0.3) is 0 Å². The van der Waals surface area contributed by atoms with E-state index in [1.54, 1.807) is 0 Å². The summed E-state index contributed by atoms with van der Waals surface area (Å²) in [5.41, 5.74) is -0.157. The highest BCUT2D eigenvalue weighted by Gasteiger charge is 2.27. The lowest BCUT2D eigenvalue weighted by Gasteiger charge is -2.27. The first-order valence-electron chi connectivity index (χ1n) is 5.63. The minimum absolute atomic E-state index is 0.115. The summed E-state index contributed by atoms with van der Waals surface area (Å²) in [6.07, 6.45) is 0.311. The number of nitrogens with one attached hydrogen (secondary N) is 1. The zero-order valence-corrected chi connectivity index (χ0v) is 9.22. The second-order valence-corrected chi connectivity index (χ2v) is 4.30. The van der Waals surface area contributed by atoms with Gasteiger partial charge in [-0.25, -0.2) is 13.2 Å². The normalized spacial score (nSPS) is 19.3. The molecular formula is C12H14F3NO. The third-order valence-electron chi connectivity index (χ3n) is 3.21. The van der Waals surface area contributed by atoms with E-state index in [0.717, 1.165) is 25.2 Å². The standard InChI is InChI=1S/C12H14F3NO/c13-9-2-1-8(10(14)11(9)15)12(17)7-3-5-16-6-4-7/h1-2,7,12,16-17H,3-6H2. The van der Waals surface area contributed by atoms with E-state index in [2.05, 4.69) is 5.32 Å². The summed E-state index contributed by atoms with van der Waals surface area (Å²) in [6.45, 7) is 1.49.